The lowest BCUT2D eigenvalue weighted by molar-refractivity contribution is 0.0520. The first-order valence-electron chi connectivity index (χ1n) is 4.59. The maximum Gasteiger partial charge on any atom is 0.354 e. The molecule has 1 N–H and O–H groups in total. The third kappa shape index (κ3) is 2.59. The lowest BCUT2D eigenvalue weighted by atomic mass is 10.4. The van der Waals surface area contributed by atoms with E-state index in [4.69, 9.17) is 4.74 Å². The first kappa shape index (κ1) is 11.8. The predicted molar refractivity (Wildman–Crippen MR) is 54.5 cm³/mol. The van der Waals surface area contributed by atoms with Gasteiger partial charge in [0, 0.05) is 6.20 Å². The maximum absolute atomic E-state index is 11.4. The van der Waals surface area contributed by atoms with Crippen molar-refractivity contribution in [1.82, 2.24) is 4.98 Å². The van der Waals surface area contributed by atoms with E-state index in [1.807, 2.05) is 0 Å². The van der Waals surface area contributed by atoms with Gasteiger partial charge >= 0.3 is 5.97 Å². The molecule has 0 aliphatic rings. The van der Waals surface area contributed by atoms with Crippen molar-refractivity contribution >= 4 is 15.8 Å². The smallest absolute Gasteiger partial charge is 0.354 e. The van der Waals surface area contributed by atoms with Crippen LogP contribution < -0.4 is 0 Å². The molecule has 15 heavy (non-hydrogen) atoms. The molecule has 6 heteroatoms. The maximum atomic E-state index is 11.4. The van der Waals surface area contributed by atoms with Crippen molar-refractivity contribution in [2.45, 2.75) is 18.7 Å². The highest BCUT2D eigenvalue weighted by atomic mass is 32.2. The lowest BCUT2D eigenvalue weighted by Gasteiger charge is -1.97. The quantitative estimate of drug-likeness (QED) is 0.784. The average Bonchev–Trinajstić information content (AvgIpc) is 2.67. The molecule has 1 rings (SSSR count). The van der Waals surface area contributed by atoms with Crippen molar-refractivity contribution in [1.29, 1.82) is 0 Å². The molecule has 0 aliphatic carbocycles. The van der Waals surface area contributed by atoms with Gasteiger partial charge in [0.1, 0.15) is 5.69 Å². The number of H-pyrrole nitrogens is 1. The van der Waals surface area contributed by atoms with Crippen LogP contribution in [0.15, 0.2) is 17.2 Å². The summed E-state index contributed by atoms with van der Waals surface area (Å²) in [6.45, 7) is 3.49. The number of rotatable bonds is 4. The topological polar surface area (TPSA) is 76.2 Å². The number of carbonyl (C=O) groups is 1. The Morgan fingerprint density at radius 1 is 1.47 bits per heavy atom. The zero-order valence-electron chi connectivity index (χ0n) is 8.61. The van der Waals surface area contributed by atoms with Crippen LogP contribution in [0.2, 0.25) is 0 Å². The molecule has 0 aromatic carbocycles. The van der Waals surface area contributed by atoms with E-state index in [1.54, 1.807) is 13.8 Å². The second kappa shape index (κ2) is 4.48. The first-order valence-corrected chi connectivity index (χ1v) is 6.24. The molecular formula is C9H13NO4S. The number of aromatic amines is 1. The molecule has 0 saturated heterocycles. The molecule has 0 saturated carbocycles. The van der Waals surface area contributed by atoms with Gasteiger partial charge < -0.3 is 9.72 Å². The van der Waals surface area contributed by atoms with E-state index in [2.05, 4.69) is 4.98 Å². The Bertz CT molecular complexity index is 446. The Morgan fingerprint density at radius 3 is 2.67 bits per heavy atom. The summed E-state index contributed by atoms with van der Waals surface area (Å²) in [5.74, 6) is -0.539. The third-order valence-electron chi connectivity index (χ3n) is 1.89. The van der Waals surface area contributed by atoms with E-state index < -0.39 is 15.8 Å². The first-order chi connectivity index (χ1) is 7.01. The van der Waals surface area contributed by atoms with Gasteiger partial charge in [0.05, 0.1) is 17.3 Å². The number of hydrogen-bond donors (Lipinski definition) is 1. The third-order valence-corrected chi connectivity index (χ3v) is 3.61. The minimum Gasteiger partial charge on any atom is -0.461 e. The molecule has 0 bridgehead atoms. The Morgan fingerprint density at radius 2 is 2.13 bits per heavy atom. The highest BCUT2D eigenvalue weighted by molar-refractivity contribution is 7.91. The summed E-state index contributed by atoms with van der Waals surface area (Å²) in [7, 11) is -3.26. The average molecular weight is 231 g/mol. The van der Waals surface area contributed by atoms with Crippen molar-refractivity contribution in [3.05, 3.63) is 18.0 Å². The Hall–Kier alpha value is -1.30. The van der Waals surface area contributed by atoms with Gasteiger partial charge in [0.15, 0.2) is 9.84 Å². The van der Waals surface area contributed by atoms with Gasteiger partial charge in [-0.3, -0.25) is 0 Å². The fourth-order valence-electron chi connectivity index (χ4n) is 1.05. The highest BCUT2D eigenvalue weighted by Gasteiger charge is 2.16. The number of ether oxygens (including phenoxy) is 1. The summed E-state index contributed by atoms with van der Waals surface area (Å²) in [5.41, 5.74) is 0.156. The van der Waals surface area contributed by atoms with Gasteiger partial charge in [-0.1, -0.05) is 6.92 Å². The molecule has 0 fully saturated rings. The fourth-order valence-corrected chi connectivity index (χ4v) is 1.92. The molecule has 1 heterocycles. The van der Waals surface area contributed by atoms with Crippen LogP contribution in [0.3, 0.4) is 0 Å². The summed E-state index contributed by atoms with van der Waals surface area (Å²) < 4.78 is 27.6. The van der Waals surface area contributed by atoms with Crippen molar-refractivity contribution < 1.29 is 17.9 Å². The molecule has 0 aliphatic heterocycles. The van der Waals surface area contributed by atoms with Crippen molar-refractivity contribution in [2.24, 2.45) is 0 Å². The normalized spacial score (nSPS) is 11.3. The van der Waals surface area contributed by atoms with Crippen molar-refractivity contribution in [2.75, 3.05) is 12.4 Å². The van der Waals surface area contributed by atoms with E-state index in [1.165, 1.54) is 12.3 Å². The Balaban J connectivity index is 2.95. The molecule has 84 valence electrons. The molecule has 0 atom stereocenters. The van der Waals surface area contributed by atoms with E-state index in [0.29, 0.717) is 0 Å². The lowest BCUT2D eigenvalue weighted by Crippen LogP contribution is -2.05. The zero-order valence-corrected chi connectivity index (χ0v) is 9.43. The van der Waals surface area contributed by atoms with Crippen LogP contribution in [-0.2, 0) is 14.6 Å². The van der Waals surface area contributed by atoms with Gasteiger partial charge in [-0.15, -0.1) is 0 Å². The zero-order chi connectivity index (χ0) is 11.5. The van der Waals surface area contributed by atoms with Crippen LogP contribution >= 0.6 is 0 Å². The van der Waals surface area contributed by atoms with Gasteiger partial charge in [-0.2, -0.15) is 0 Å². The van der Waals surface area contributed by atoms with Crippen LogP contribution in [0.1, 0.15) is 24.3 Å². The van der Waals surface area contributed by atoms with E-state index >= 15 is 0 Å². The highest BCUT2D eigenvalue weighted by Crippen LogP contribution is 2.13. The summed E-state index contributed by atoms with van der Waals surface area (Å²) in [6.07, 6.45) is 1.30. The molecule has 0 radical (unpaired) electrons. The molecule has 0 spiro atoms. The van der Waals surface area contributed by atoms with Gasteiger partial charge in [0.2, 0.25) is 0 Å². The molecule has 0 amide bonds. The van der Waals surface area contributed by atoms with Crippen molar-refractivity contribution in [3.63, 3.8) is 0 Å². The van der Waals surface area contributed by atoms with Crippen LogP contribution in [-0.4, -0.2) is 31.7 Å². The second-order valence-electron chi connectivity index (χ2n) is 2.87. The number of carbonyl (C=O) groups excluding carboxylic acids is 1. The van der Waals surface area contributed by atoms with Crippen molar-refractivity contribution in [3.8, 4) is 0 Å². The largest absolute Gasteiger partial charge is 0.461 e. The molecule has 1 aromatic heterocycles. The summed E-state index contributed by atoms with van der Waals surface area (Å²) >= 11 is 0. The van der Waals surface area contributed by atoms with E-state index in [0.717, 1.165) is 0 Å². The predicted octanol–water partition coefficient (Wildman–Crippen LogP) is 0.985. The van der Waals surface area contributed by atoms with Crippen LogP contribution in [0.25, 0.3) is 0 Å². The summed E-state index contributed by atoms with van der Waals surface area (Å²) in [5, 5.41) is 0. The molecule has 1 aromatic rings. The Kier molecular flexibility index (Phi) is 3.52. The number of sulfone groups is 1. The minimum atomic E-state index is -3.26. The SMILES string of the molecule is CCOC(=O)c1cc(S(=O)(=O)CC)c[nH]1. The minimum absolute atomic E-state index is 0.00706. The molecular weight excluding hydrogens is 218 g/mol. The van der Waals surface area contributed by atoms with E-state index in [9.17, 15) is 13.2 Å². The number of aromatic nitrogens is 1. The van der Waals surface area contributed by atoms with Gasteiger partial charge in [-0.25, -0.2) is 13.2 Å². The monoisotopic (exact) mass is 231 g/mol. The number of hydrogen-bond acceptors (Lipinski definition) is 4. The van der Waals surface area contributed by atoms with Gasteiger partial charge in [0.25, 0.3) is 0 Å². The number of nitrogens with one attached hydrogen (secondary N) is 1. The second-order valence-corrected chi connectivity index (χ2v) is 5.15. The fraction of sp³-hybridized carbons (Fsp3) is 0.444. The Labute approximate surface area is 88.4 Å². The summed E-state index contributed by atoms with van der Waals surface area (Å²) in [6, 6.07) is 1.29. The standard InChI is InChI=1S/C9H13NO4S/c1-3-14-9(11)8-5-7(6-10-8)15(12,13)4-2/h5-6,10H,3-4H2,1-2H3. The van der Waals surface area contributed by atoms with Crippen LogP contribution in [0.4, 0.5) is 0 Å². The van der Waals surface area contributed by atoms with Crippen LogP contribution in [0.5, 0.6) is 0 Å². The summed E-state index contributed by atoms with van der Waals surface area (Å²) in [4.78, 5) is 13.9. The molecule has 5 nitrogen and oxygen atoms in total. The molecule has 0 unspecified atom stereocenters. The number of esters is 1. The van der Waals surface area contributed by atoms with Gasteiger partial charge in [-0.05, 0) is 13.0 Å². The van der Waals surface area contributed by atoms with E-state index in [-0.39, 0.29) is 22.9 Å². The van der Waals surface area contributed by atoms with Crippen LogP contribution in [0, 0.1) is 0 Å².